The Kier molecular flexibility index (Phi) is 11.1. The number of hydrogen-bond acceptors (Lipinski definition) is 3. The zero-order valence-corrected chi connectivity index (χ0v) is 15.6. The molecule has 0 aromatic heterocycles. The Morgan fingerprint density at radius 1 is 1.17 bits per heavy atom. The van der Waals surface area contributed by atoms with Gasteiger partial charge >= 0.3 is 0 Å². The maximum atomic E-state index is 5.48. The van der Waals surface area contributed by atoms with Gasteiger partial charge in [-0.05, 0) is 38.0 Å². The number of ether oxygens (including phenoxy) is 2. The highest BCUT2D eigenvalue weighted by Gasteiger charge is 2.20. The smallest absolute Gasteiger partial charge is 0.193 e. The minimum atomic E-state index is 0.661. The molecule has 0 aromatic carbocycles. The highest BCUT2D eigenvalue weighted by Crippen LogP contribution is 2.28. The van der Waals surface area contributed by atoms with Crippen molar-refractivity contribution in [3.8, 4) is 0 Å². The third-order valence-corrected chi connectivity index (χ3v) is 4.50. The van der Waals surface area contributed by atoms with Gasteiger partial charge in [-0.25, -0.2) is 0 Å². The standard InChI is InChI=1S/C18H37N3O2/c1-5-19-18(20-11-6-12-23-14-13-22-4)21(3)15-17-9-7-16(2)8-10-17/h16-17H,5-15H2,1-4H3,(H,19,20). The van der Waals surface area contributed by atoms with Crippen LogP contribution in [0.3, 0.4) is 0 Å². The molecule has 0 heterocycles. The highest BCUT2D eigenvalue weighted by atomic mass is 16.5. The molecule has 0 bridgehead atoms. The molecule has 1 N–H and O–H groups in total. The number of methoxy groups -OCH3 is 1. The predicted octanol–water partition coefficient (Wildman–Crippen LogP) is 2.76. The van der Waals surface area contributed by atoms with Crippen LogP contribution in [0.1, 0.15) is 46.0 Å². The van der Waals surface area contributed by atoms with Gasteiger partial charge in [0.25, 0.3) is 0 Å². The van der Waals surface area contributed by atoms with Gasteiger partial charge < -0.3 is 19.7 Å². The molecule has 1 aliphatic carbocycles. The summed E-state index contributed by atoms with van der Waals surface area (Å²) < 4.78 is 10.4. The molecular weight excluding hydrogens is 290 g/mol. The van der Waals surface area contributed by atoms with Gasteiger partial charge in [-0.3, -0.25) is 4.99 Å². The second-order valence-corrected chi connectivity index (χ2v) is 6.70. The zero-order chi connectivity index (χ0) is 16.9. The maximum Gasteiger partial charge on any atom is 0.193 e. The van der Waals surface area contributed by atoms with Gasteiger partial charge in [-0.15, -0.1) is 0 Å². The van der Waals surface area contributed by atoms with Gasteiger partial charge in [-0.1, -0.05) is 19.8 Å². The summed E-state index contributed by atoms with van der Waals surface area (Å²) in [4.78, 5) is 7.03. The summed E-state index contributed by atoms with van der Waals surface area (Å²) in [5.74, 6) is 2.76. The van der Waals surface area contributed by atoms with Crippen molar-refractivity contribution in [3.63, 3.8) is 0 Å². The number of nitrogens with zero attached hydrogens (tertiary/aromatic N) is 2. The molecule has 136 valence electrons. The van der Waals surface area contributed by atoms with E-state index in [0.717, 1.165) is 50.5 Å². The molecule has 1 fully saturated rings. The first-order valence-corrected chi connectivity index (χ1v) is 9.23. The van der Waals surface area contributed by atoms with Gasteiger partial charge in [0.1, 0.15) is 0 Å². The normalized spacial score (nSPS) is 22.2. The van der Waals surface area contributed by atoms with Gasteiger partial charge in [0.2, 0.25) is 0 Å². The Morgan fingerprint density at radius 3 is 2.57 bits per heavy atom. The lowest BCUT2D eigenvalue weighted by molar-refractivity contribution is 0.0702. The second kappa shape index (κ2) is 12.6. The summed E-state index contributed by atoms with van der Waals surface area (Å²) in [5.41, 5.74) is 0. The summed E-state index contributed by atoms with van der Waals surface area (Å²) in [5, 5.41) is 3.41. The molecule has 0 radical (unpaired) electrons. The molecule has 0 unspecified atom stereocenters. The summed E-state index contributed by atoms with van der Waals surface area (Å²) in [7, 11) is 3.85. The van der Waals surface area contributed by atoms with E-state index in [1.165, 1.54) is 25.7 Å². The van der Waals surface area contributed by atoms with Crippen LogP contribution in [0.25, 0.3) is 0 Å². The Bertz CT molecular complexity index is 315. The third-order valence-electron chi connectivity index (χ3n) is 4.50. The van der Waals surface area contributed by atoms with Crippen LogP contribution in [0, 0.1) is 11.8 Å². The molecular formula is C18H37N3O2. The first-order valence-electron chi connectivity index (χ1n) is 9.23. The van der Waals surface area contributed by atoms with Gasteiger partial charge in [0.15, 0.2) is 5.96 Å². The van der Waals surface area contributed by atoms with Crippen molar-refractivity contribution < 1.29 is 9.47 Å². The van der Waals surface area contributed by atoms with Crippen LogP contribution in [0.15, 0.2) is 4.99 Å². The number of nitrogens with one attached hydrogen (secondary N) is 1. The Hall–Kier alpha value is -0.810. The zero-order valence-electron chi connectivity index (χ0n) is 15.6. The molecule has 5 heteroatoms. The van der Waals surface area contributed by atoms with E-state index in [0.29, 0.717) is 13.2 Å². The van der Waals surface area contributed by atoms with Crippen LogP contribution in [0.4, 0.5) is 0 Å². The molecule has 23 heavy (non-hydrogen) atoms. The average molecular weight is 328 g/mol. The molecule has 1 aliphatic rings. The number of hydrogen-bond donors (Lipinski definition) is 1. The SMILES string of the molecule is CCNC(=NCCCOCCOC)N(C)CC1CCC(C)CC1. The van der Waals surface area contributed by atoms with Crippen LogP contribution in [-0.4, -0.2) is 64.5 Å². The van der Waals surface area contributed by atoms with Crippen molar-refractivity contribution in [2.24, 2.45) is 16.8 Å². The topological polar surface area (TPSA) is 46.1 Å². The minimum Gasteiger partial charge on any atom is -0.382 e. The fourth-order valence-electron chi connectivity index (χ4n) is 3.05. The molecule has 0 aromatic rings. The first kappa shape index (κ1) is 20.2. The lowest BCUT2D eigenvalue weighted by atomic mass is 9.83. The minimum absolute atomic E-state index is 0.661. The lowest BCUT2D eigenvalue weighted by Crippen LogP contribution is -2.42. The van der Waals surface area contributed by atoms with Crippen LogP contribution in [0.2, 0.25) is 0 Å². The summed E-state index contributed by atoms with van der Waals surface area (Å²) in [6, 6.07) is 0. The fourth-order valence-corrected chi connectivity index (χ4v) is 3.05. The van der Waals surface area contributed by atoms with Gasteiger partial charge in [-0.2, -0.15) is 0 Å². The van der Waals surface area contributed by atoms with Crippen molar-refractivity contribution in [1.82, 2.24) is 10.2 Å². The monoisotopic (exact) mass is 327 g/mol. The molecule has 1 saturated carbocycles. The van der Waals surface area contributed by atoms with E-state index >= 15 is 0 Å². The second-order valence-electron chi connectivity index (χ2n) is 6.70. The Balaban J connectivity index is 2.29. The molecule has 1 rings (SSSR count). The highest BCUT2D eigenvalue weighted by molar-refractivity contribution is 5.79. The Labute approximate surface area is 142 Å². The fraction of sp³-hybridized carbons (Fsp3) is 0.944. The maximum absolute atomic E-state index is 5.48. The molecule has 0 amide bonds. The average Bonchev–Trinajstić information content (AvgIpc) is 2.55. The largest absolute Gasteiger partial charge is 0.382 e. The van der Waals surface area contributed by atoms with Crippen molar-refractivity contribution in [2.45, 2.75) is 46.0 Å². The van der Waals surface area contributed by atoms with E-state index in [4.69, 9.17) is 14.5 Å². The van der Waals surface area contributed by atoms with E-state index in [1.54, 1.807) is 7.11 Å². The predicted molar refractivity (Wildman–Crippen MR) is 97.0 cm³/mol. The van der Waals surface area contributed by atoms with E-state index in [-0.39, 0.29) is 0 Å². The van der Waals surface area contributed by atoms with E-state index in [2.05, 4.69) is 31.1 Å². The number of guanidine groups is 1. The number of rotatable bonds is 10. The lowest BCUT2D eigenvalue weighted by Gasteiger charge is -2.31. The van der Waals surface area contributed by atoms with Crippen molar-refractivity contribution >= 4 is 5.96 Å². The molecule has 0 aliphatic heterocycles. The van der Waals surface area contributed by atoms with E-state index in [1.807, 2.05) is 0 Å². The molecule has 0 saturated heterocycles. The van der Waals surface area contributed by atoms with Crippen LogP contribution >= 0.6 is 0 Å². The van der Waals surface area contributed by atoms with Crippen LogP contribution < -0.4 is 5.32 Å². The summed E-state index contributed by atoms with van der Waals surface area (Å²) in [6.45, 7) is 9.41. The summed E-state index contributed by atoms with van der Waals surface area (Å²) in [6.07, 6.45) is 6.43. The molecule has 0 atom stereocenters. The van der Waals surface area contributed by atoms with E-state index in [9.17, 15) is 0 Å². The summed E-state index contributed by atoms with van der Waals surface area (Å²) >= 11 is 0. The Morgan fingerprint density at radius 2 is 1.91 bits per heavy atom. The molecule has 5 nitrogen and oxygen atoms in total. The van der Waals surface area contributed by atoms with Crippen molar-refractivity contribution in [2.75, 3.05) is 53.6 Å². The van der Waals surface area contributed by atoms with Crippen LogP contribution in [0.5, 0.6) is 0 Å². The van der Waals surface area contributed by atoms with Gasteiger partial charge in [0, 0.05) is 40.4 Å². The van der Waals surface area contributed by atoms with Crippen molar-refractivity contribution in [3.05, 3.63) is 0 Å². The quantitative estimate of drug-likeness (QED) is 0.381. The third kappa shape index (κ3) is 9.16. The van der Waals surface area contributed by atoms with Crippen molar-refractivity contribution in [1.29, 1.82) is 0 Å². The first-order chi connectivity index (χ1) is 11.2. The molecule has 0 spiro atoms. The van der Waals surface area contributed by atoms with E-state index < -0.39 is 0 Å². The number of aliphatic imine (C=N–C) groups is 1. The van der Waals surface area contributed by atoms with Crippen LogP contribution in [-0.2, 0) is 9.47 Å². The van der Waals surface area contributed by atoms with Gasteiger partial charge in [0.05, 0.1) is 13.2 Å².